The van der Waals surface area contributed by atoms with Crippen molar-refractivity contribution in [3.63, 3.8) is 0 Å². The summed E-state index contributed by atoms with van der Waals surface area (Å²) in [7, 11) is 0. The molecule has 6 nitrogen and oxygen atoms in total. The van der Waals surface area contributed by atoms with Crippen LogP contribution in [0.25, 0.3) is 0 Å². The second-order valence-corrected chi connectivity index (χ2v) is 9.14. The predicted molar refractivity (Wildman–Crippen MR) is 127 cm³/mol. The number of anilines is 1. The summed E-state index contributed by atoms with van der Waals surface area (Å²) in [5, 5.41) is 2.89. The van der Waals surface area contributed by atoms with Crippen LogP contribution in [0.5, 0.6) is 0 Å². The maximum Gasteiger partial charge on any atom is 0.255 e. The minimum atomic E-state index is -0.197. The Morgan fingerprint density at radius 3 is 2.16 bits per heavy atom. The van der Waals surface area contributed by atoms with Crippen LogP contribution in [0.3, 0.4) is 0 Å². The minimum absolute atomic E-state index is 0.0257. The monoisotopic (exact) mass is 484 g/mol. The molecule has 0 unspecified atom stereocenters. The predicted octanol–water partition coefficient (Wildman–Crippen LogP) is 3.56. The van der Waals surface area contributed by atoms with E-state index in [1.54, 1.807) is 18.2 Å². The molecular weight excluding hydrogens is 456 g/mol. The average molecular weight is 485 g/mol. The summed E-state index contributed by atoms with van der Waals surface area (Å²) in [6.07, 6.45) is 2.65. The number of hydrogen-bond donors (Lipinski definition) is 1. The Balaban J connectivity index is 1.30. The Morgan fingerprint density at radius 2 is 1.45 bits per heavy atom. The SMILES string of the molecule is O=C(Nc1cccc(C(=O)N2CCN(CCN3CCCC3)CC2)c1)c1cccc(Br)c1. The quantitative estimate of drug-likeness (QED) is 0.680. The largest absolute Gasteiger partial charge is 0.336 e. The summed E-state index contributed by atoms with van der Waals surface area (Å²) < 4.78 is 0.851. The zero-order valence-electron chi connectivity index (χ0n) is 17.7. The lowest BCUT2D eigenvalue weighted by Crippen LogP contribution is -2.50. The van der Waals surface area contributed by atoms with Crippen LogP contribution in [0, 0.1) is 0 Å². The molecule has 2 saturated heterocycles. The van der Waals surface area contributed by atoms with Gasteiger partial charge in [0.2, 0.25) is 0 Å². The summed E-state index contributed by atoms with van der Waals surface area (Å²) in [6.45, 7) is 7.99. The van der Waals surface area contributed by atoms with Crippen molar-refractivity contribution in [3.8, 4) is 0 Å². The molecule has 0 spiro atoms. The fourth-order valence-corrected chi connectivity index (χ4v) is 4.61. The first-order valence-corrected chi connectivity index (χ1v) is 11.8. The van der Waals surface area contributed by atoms with Crippen molar-refractivity contribution >= 4 is 33.4 Å². The van der Waals surface area contributed by atoms with E-state index in [-0.39, 0.29) is 11.8 Å². The zero-order chi connectivity index (χ0) is 21.6. The molecule has 2 heterocycles. The summed E-state index contributed by atoms with van der Waals surface area (Å²) >= 11 is 3.39. The topological polar surface area (TPSA) is 55.9 Å². The van der Waals surface area contributed by atoms with Crippen molar-refractivity contribution in [2.45, 2.75) is 12.8 Å². The molecule has 1 N–H and O–H groups in total. The Bertz CT molecular complexity index is 921. The summed E-state index contributed by atoms with van der Waals surface area (Å²) in [5.41, 5.74) is 1.80. The number of carbonyl (C=O) groups excluding carboxylic acids is 2. The number of rotatable bonds is 6. The molecule has 2 aliphatic heterocycles. The van der Waals surface area contributed by atoms with Gasteiger partial charge in [0.15, 0.2) is 0 Å². The number of carbonyl (C=O) groups is 2. The van der Waals surface area contributed by atoms with Crippen LogP contribution in [-0.2, 0) is 0 Å². The van der Waals surface area contributed by atoms with Crippen LogP contribution in [-0.4, -0.2) is 78.9 Å². The van der Waals surface area contributed by atoms with Gasteiger partial charge in [0.1, 0.15) is 0 Å². The highest BCUT2D eigenvalue weighted by atomic mass is 79.9. The van der Waals surface area contributed by atoms with Gasteiger partial charge in [-0.25, -0.2) is 0 Å². The van der Waals surface area contributed by atoms with E-state index in [1.165, 1.54) is 25.9 Å². The fraction of sp³-hybridized carbons (Fsp3) is 0.417. The lowest BCUT2D eigenvalue weighted by atomic mass is 10.1. The number of benzene rings is 2. The van der Waals surface area contributed by atoms with E-state index in [0.29, 0.717) is 16.8 Å². The summed E-state index contributed by atoms with van der Waals surface area (Å²) in [4.78, 5) is 32.4. The van der Waals surface area contributed by atoms with Crippen molar-refractivity contribution in [2.75, 3.05) is 57.7 Å². The van der Waals surface area contributed by atoms with Crippen LogP contribution in [0.1, 0.15) is 33.6 Å². The minimum Gasteiger partial charge on any atom is -0.336 e. The fourth-order valence-electron chi connectivity index (χ4n) is 4.21. The highest BCUT2D eigenvalue weighted by Crippen LogP contribution is 2.17. The van der Waals surface area contributed by atoms with Gasteiger partial charge in [-0.05, 0) is 62.3 Å². The first-order chi connectivity index (χ1) is 15.1. The molecule has 2 fully saturated rings. The lowest BCUT2D eigenvalue weighted by Gasteiger charge is -2.35. The Labute approximate surface area is 192 Å². The molecule has 4 rings (SSSR count). The third-order valence-corrected chi connectivity index (χ3v) is 6.54. The Morgan fingerprint density at radius 1 is 0.806 bits per heavy atom. The van der Waals surface area contributed by atoms with Crippen LogP contribution in [0.15, 0.2) is 53.0 Å². The van der Waals surface area contributed by atoms with Gasteiger partial charge in [-0.1, -0.05) is 28.1 Å². The van der Waals surface area contributed by atoms with Crippen molar-refractivity contribution in [1.29, 1.82) is 0 Å². The second kappa shape index (κ2) is 10.4. The molecule has 0 atom stereocenters. The lowest BCUT2D eigenvalue weighted by molar-refractivity contribution is 0.0626. The van der Waals surface area contributed by atoms with Crippen LogP contribution >= 0.6 is 15.9 Å². The van der Waals surface area contributed by atoms with Gasteiger partial charge < -0.3 is 15.1 Å². The first kappa shape index (κ1) is 22.0. The molecule has 0 radical (unpaired) electrons. The standard InChI is InChI=1S/C24H29BrN4O2/c25-21-7-3-5-19(17-21)23(30)26-22-8-4-6-20(18-22)24(31)29-15-13-28(14-16-29)12-11-27-9-1-2-10-27/h3-8,17-18H,1-2,9-16H2,(H,26,30). The first-order valence-electron chi connectivity index (χ1n) is 11.0. The van der Waals surface area contributed by atoms with Gasteiger partial charge in [-0.2, -0.15) is 0 Å². The molecule has 2 aliphatic rings. The molecule has 164 valence electrons. The van der Waals surface area contributed by atoms with Crippen LogP contribution in [0.2, 0.25) is 0 Å². The number of hydrogen-bond acceptors (Lipinski definition) is 4. The van der Waals surface area contributed by atoms with E-state index < -0.39 is 0 Å². The zero-order valence-corrected chi connectivity index (χ0v) is 19.3. The van der Waals surface area contributed by atoms with Crippen molar-refractivity contribution in [2.24, 2.45) is 0 Å². The second-order valence-electron chi connectivity index (χ2n) is 8.23. The highest BCUT2D eigenvalue weighted by molar-refractivity contribution is 9.10. The molecule has 2 amide bonds. The van der Waals surface area contributed by atoms with Crippen LogP contribution < -0.4 is 5.32 Å². The third-order valence-electron chi connectivity index (χ3n) is 6.04. The van der Waals surface area contributed by atoms with E-state index in [9.17, 15) is 9.59 Å². The Kier molecular flexibility index (Phi) is 7.37. The Hall–Kier alpha value is -2.22. The number of piperazine rings is 1. The van der Waals surface area contributed by atoms with Crippen molar-refractivity contribution in [1.82, 2.24) is 14.7 Å². The van der Waals surface area contributed by atoms with Crippen LogP contribution in [0.4, 0.5) is 5.69 Å². The maximum atomic E-state index is 13.0. The third kappa shape index (κ3) is 5.93. The molecule has 0 bridgehead atoms. The summed E-state index contributed by atoms with van der Waals surface area (Å²) in [6, 6.07) is 14.4. The number of halogens is 1. The molecule has 2 aromatic rings. The van der Waals surface area contributed by atoms with Gasteiger partial charge in [-0.3, -0.25) is 14.5 Å². The van der Waals surface area contributed by atoms with E-state index in [4.69, 9.17) is 0 Å². The number of nitrogens with one attached hydrogen (secondary N) is 1. The van der Waals surface area contributed by atoms with E-state index in [0.717, 1.165) is 43.7 Å². The van der Waals surface area contributed by atoms with E-state index in [1.807, 2.05) is 35.2 Å². The molecular formula is C24H29BrN4O2. The molecule has 31 heavy (non-hydrogen) atoms. The average Bonchev–Trinajstić information content (AvgIpc) is 3.31. The summed E-state index contributed by atoms with van der Waals surface area (Å²) in [5.74, 6) is -0.171. The number of likely N-dealkylation sites (tertiary alicyclic amines) is 1. The molecule has 2 aromatic carbocycles. The van der Waals surface area contributed by atoms with Gasteiger partial charge in [-0.15, -0.1) is 0 Å². The van der Waals surface area contributed by atoms with E-state index >= 15 is 0 Å². The van der Waals surface area contributed by atoms with Gasteiger partial charge in [0.05, 0.1) is 0 Å². The van der Waals surface area contributed by atoms with Gasteiger partial charge >= 0.3 is 0 Å². The van der Waals surface area contributed by atoms with Crippen molar-refractivity contribution < 1.29 is 9.59 Å². The smallest absolute Gasteiger partial charge is 0.255 e. The molecule has 0 aromatic heterocycles. The maximum absolute atomic E-state index is 13.0. The molecule has 7 heteroatoms. The van der Waals surface area contributed by atoms with Gasteiger partial charge in [0.25, 0.3) is 11.8 Å². The van der Waals surface area contributed by atoms with Gasteiger partial charge in [0, 0.05) is 60.6 Å². The highest BCUT2D eigenvalue weighted by Gasteiger charge is 2.23. The molecule has 0 aliphatic carbocycles. The normalized spacial score (nSPS) is 17.6. The number of nitrogens with zero attached hydrogens (tertiary/aromatic N) is 3. The number of amides is 2. The van der Waals surface area contributed by atoms with Crippen molar-refractivity contribution in [3.05, 3.63) is 64.1 Å². The van der Waals surface area contributed by atoms with E-state index in [2.05, 4.69) is 31.0 Å². The molecule has 0 saturated carbocycles.